The smallest absolute Gasteiger partial charge is 0.186 e. The Bertz CT molecular complexity index is 570. The molecule has 0 unspecified atom stereocenters. The van der Waals surface area contributed by atoms with E-state index in [9.17, 15) is 18.3 Å². The number of benzene rings is 1. The van der Waals surface area contributed by atoms with Gasteiger partial charge in [-0.1, -0.05) is 13.8 Å². The topological polar surface area (TPSA) is 71.4 Å². The maximum atomic E-state index is 11.7. The lowest BCUT2D eigenvalue weighted by Crippen LogP contribution is -2.03. The van der Waals surface area contributed by atoms with E-state index in [0.29, 0.717) is 0 Å². The van der Waals surface area contributed by atoms with Gasteiger partial charge in [0.05, 0.1) is 10.5 Å². The van der Waals surface area contributed by atoms with Crippen molar-refractivity contribution >= 4 is 15.6 Å². The van der Waals surface area contributed by atoms with Crippen LogP contribution in [0.15, 0.2) is 17.0 Å². The van der Waals surface area contributed by atoms with Crippen molar-refractivity contribution < 1.29 is 18.3 Å². The molecule has 1 aromatic rings. The summed E-state index contributed by atoms with van der Waals surface area (Å²) in [6.07, 6.45) is 0. The second kappa shape index (κ2) is 3.31. The number of hydrogen-bond donors (Lipinski definition) is 1. The molecule has 0 saturated carbocycles. The van der Waals surface area contributed by atoms with Gasteiger partial charge < -0.3 is 5.11 Å². The Morgan fingerprint density at radius 3 is 2.50 bits per heavy atom. The molecule has 86 valence electrons. The number of rotatable bonds is 1. The van der Waals surface area contributed by atoms with E-state index in [1.165, 1.54) is 12.1 Å². The largest absolute Gasteiger partial charge is 0.507 e. The molecule has 0 spiro atoms. The maximum Gasteiger partial charge on any atom is 0.186 e. The van der Waals surface area contributed by atoms with Gasteiger partial charge in [0, 0.05) is 0 Å². The van der Waals surface area contributed by atoms with Gasteiger partial charge in [0.1, 0.15) is 11.5 Å². The molecule has 16 heavy (non-hydrogen) atoms. The van der Waals surface area contributed by atoms with Crippen molar-refractivity contribution in [1.82, 2.24) is 0 Å². The molecule has 0 aliphatic carbocycles. The average Bonchev–Trinajstić information content (AvgIpc) is 2.37. The van der Waals surface area contributed by atoms with E-state index in [4.69, 9.17) is 0 Å². The van der Waals surface area contributed by atoms with Crippen LogP contribution < -0.4 is 0 Å². The summed E-state index contributed by atoms with van der Waals surface area (Å²) in [4.78, 5) is 11.4. The number of sulfone groups is 1. The summed E-state index contributed by atoms with van der Waals surface area (Å²) >= 11 is 0. The van der Waals surface area contributed by atoms with Crippen molar-refractivity contribution in [3.8, 4) is 5.75 Å². The van der Waals surface area contributed by atoms with Crippen LogP contribution in [0.2, 0.25) is 0 Å². The SMILES string of the molecule is CC(C)c1cc(O)c2c(c1)S(=O)(=O)CC2=O. The van der Waals surface area contributed by atoms with Crippen LogP contribution in [0.4, 0.5) is 0 Å². The van der Waals surface area contributed by atoms with Gasteiger partial charge in [0.25, 0.3) is 0 Å². The van der Waals surface area contributed by atoms with Gasteiger partial charge in [-0.15, -0.1) is 0 Å². The van der Waals surface area contributed by atoms with Crippen molar-refractivity contribution in [2.24, 2.45) is 0 Å². The fourth-order valence-electron chi connectivity index (χ4n) is 1.80. The zero-order chi connectivity index (χ0) is 12.1. The zero-order valence-electron chi connectivity index (χ0n) is 9.02. The minimum absolute atomic E-state index is 0.0267. The summed E-state index contributed by atoms with van der Waals surface area (Å²) in [5, 5.41) is 9.68. The molecule has 0 bridgehead atoms. The zero-order valence-corrected chi connectivity index (χ0v) is 9.84. The van der Waals surface area contributed by atoms with Crippen molar-refractivity contribution in [2.75, 3.05) is 5.75 Å². The van der Waals surface area contributed by atoms with Gasteiger partial charge in [0.15, 0.2) is 15.6 Å². The third-order valence-electron chi connectivity index (χ3n) is 2.71. The summed E-state index contributed by atoms with van der Waals surface area (Å²) in [5.74, 6) is -1.19. The molecular formula is C11H12O4S. The minimum atomic E-state index is -3.54. The van der Waals surface area contributed by atoms with E-state index >= 15 is 0 Å². The second-order valence-corrected chi connectivity index (χ2v) is 6.21. The fourth-order valence-corrected chi connectivity index (χ4v) is 3.29. The van der Waals surface area contributed by atoms with Gasteiger partial charge in [-0.05, 0) is 23.6 Å². The van der Waals surface area contributed by atoms with Crippen LogP contribution in [-0.4, -0.2) is 25.1 Å². The number of carbonyl (C=O) groups is 1. The Balaban J connectivity index is 2.78. The van der Waals surface area contributed by atoms with Crippen molar-refractivity contribution in [3.05, 3.63) is 23.3 Å². The first-order chi connectivity index (χ1) is 7.33. The molecule has 0 aromatic heterocycles. The highest BCUT2D eigenvalue weighted by Crippen LogP contribution is 2.35. The van der Waals surface area contributed by atoms with E-state index in [-0.39, 0.29) is 22.1 Å². The standard InChI is InChI=1S/C11H12O4S/c1-6(2)7-3-8(12)11-9(13)5-16(14,15)10(11)4-7/h3-4,6,12H,5H2,1-2H3. The van der Waals surface area contributed by atoms with Crippen molar-refractivity contribution in [1.29, 1.82) is 0 Å². The first-order valence-corrected chi connectivity index (χ1v) is 6.61. The molecule has 1 aromatic carbocycles. The Morgan fingerprint density at radius 2 is 1.94 bits per heavy atom. The molecule has 1 aliphatic heterocycles. The summed E-state index contributed by atoms with van der Waals surface area (Å²) in [7, 11) is -3.54. The molecular weight excluding hydrogens is 228 g/mol. The summed E-state index contributed by atoms with van der Waals surface area (Å²) < 4.78 is 23.3. The molecule has 0 atom stereocenters. The first-order valence-electron chi connectivity index (χ1n) is 4.96. The Hall–Kier alpha value is -1.36. The first kappa shape index (κ1) is 11.1. The molecule has 1 N–H and O–H groups in total. The fraction of sp³-hybridized carbons (Fsp3) is 0.364. The van der Waals surface area contributed by atoms with Crippen LogP contribution in [-0.2, 0) is 9.84 Å². The summed E-state index contributed by atoms with van der Waals surface area (Å²) in [6.45, 7) is 3.79. The molecule has 2 rings (SSSR count). The molecule has 5 heteroatoms. The molecule has 0 saturated heterocycles. The van der Waals surface area contributed by atoms with Crippen LogP contribution >= 0.6 is 0 Å². The summed E-state index contributed by atoms with van der Waals surface area (Å²) in [6, 6.07) is 2.95. The van der Waals surface area contributed by atoms with Crippen molar-refractivity contribution in [2.45, 2.75) is 24.7 Å². The van der Waals surface area contributed by atoms with Gasteiger partial charge in [-0.2, -0.15) is 0 Å². The second-order valence-electron chi connectivity index (χ2n) is 4.25. The van der Waals surface area contributed by atoms with Gasteiger partial charge >= 0.3 is 0 Å². The van der Waals surface area contributed by atoms with Crippen LogP contribution in [0.3, 0.4) is 0 Å². The van der Waals surface area contributed by atoms with Gasteiger partial charge in [0.2, 0.25) is 0 Å². The number of ketones is 1. The number of carbonyl (C=O) groups excluding carboxylic acids is 1. The lowest BCUT2D eigenvalue weighted by molar-refractivity contribution is 0.102. The number of hydrogen-bond acceptors (Lipinski definition) is 4. The van der Waals surface area contributed by atoms with E-state index in [1.54, 1.807) is 0 Å². The van der Waals surface area contributed by atoms with Gasteiger partial charge in [-0.25, -0.2) is 8.42 Å². The van der Waals surface area contributed by atoms with Crippen molar-refractivity contribution in [3.63, 3.8) is 0 Å². The number of aromatic hydroxyl groups is 1. The number of phenolic OH excluding ortho intramolecular Hbond substituents is 1. The lowest BCUT2D eigenvalue weighted by Gasteiger charge is -2.08. The predicted octanol–water partition coefficient (Wildman–Crippen LogP) is 1.49. The Kier molecular flexibility index (Phi) is 2.31. The highest BCUT2D eigenvalue weighted by Gasteiger charge is 2.36. The van der Waals surface area contributed by atoms with Gasteiger partial charge in [-0.3, -0.25) is 4.79 Å². The number of phenols is 1. The monoisotopic (exact) mass is 240 g/mol. The lowest BCUT2D eigenvalue weighted by atomic mass is 10.00. The highest BCUT2D eigenvalue weighted by atomic mass is 32.2. The van der Waals surface area contributed by atoms with Crippen LogP contribution in [0.5, 0.6) is 5.75 Å². The predicted molar refractivity (Wildman–Crippen MR) is 58.6 cm³/mol. The molecule has 1 heterocycles. The molecule has 0 amide bonds. The quantitative estimate of drug-likeness (QED) is 0.807. The van der Waals surface area contributed by atoms with E-state index < -0.39 is 21.4 Å². The van der Waals surface area contributed by atoms with Crippen LogP contribution in [0.1, 0.15) is 35.7 Å². The van der Waals surface area contributed by atoms with E-state index in [2.05, 4.69) is 0 Å². The number of fused-ring (bicyclic) bond motifs is 1. The molecule has 1 aliphatic rings. The molecule has 4 nitrogen and oxygen atoms in total. The third-order valence-corrected chi connectivity index (χ3v) is 4.34. The normalized spacial score (nSPS) is 17.8. The summed E-state index contributed by atoms with van der Waals surface area (Å²) in [5.41, 5.74) is 0.666. The molecule has 0 fully saturated rings. The highest BCUT2D eigenvalue weighted by molar-refractivity contribution is 7.92. The van der Waals surface area contributed by atoms with E-state index in [0.717, 1.165) is 5.56 Å². The number of Topliss-reactive ketones (excluding diaryl/α,β-unsaturated/α-hetero) is 1. The Morgan fingerprint density at radius 1 is 1.31 bits per heavy atom. The van der Waals surface area contributed by atoms with Crippen LogP contribution in [0, 0.1) is 0 Å². The molecule has 0 radical (unpaired) electrons. The van der Waals surface area contributed by atoms with E-state index in [1.807, 2.05) is 13.8 Å². The average molecular weight is 240 g/mol. The minimum Gasteiger partial charge on any atom is -0.507 e. The third kappa shape index (κ3) is 1.51. The maximum absolute atomic E-state index is 11.7. The Labute approximate surface area is 93.8 Å². The van der Waals surface area contributed by atoms with Crippen LogP contribution in [0.25, 0.3) is 0 Å².